The van der Waals surface area contributed by atoms with Gasteiger partial charge in [-0.25, -0.2) is 9.89 Å². The molecule has 0 aliphatic carbocycles. The van der Waals surface area contributed by atoms with Crippen LogP contribution in [0.25, 0.3) is 0 Å². The van der Waals surface area contributed by atoms with Crippen LogP contribution in [0.2, 0.25) is 0 Å². The van der Waals surface area contributed by atoms with Crippen molar-refractivity contribution in [3.05, 3.63) is 46.1 Å². The molecule has 2 aromatic rings. The van der Waals surface area contributed by atoms with Gasteiger partial charge in [-0.05, 0) is 30.5 Å². The van der Waals surface area contributed by atoms with Crippen LogP contribution in [-0.2, 0) is 22.6 Å². The largest absolute Gasteiger partial charge is 0.348 e. The first-order chi connectivity index (χ1) is 11.0. The van der Waals surface area contributed by atoms with E-state index in [4.69, 9.17) is 0 Å². The fourth-order valence-corrected chi connectivity index (χ4v) is 2.58. The number of aromatic nitrogens is 3. The normalized spacial score (nSPS) is 14.7. The molecular formula is C15H17N5O3. The third-order valence-corrected chi connectivity index (χ3v) is 3.83. The number of amides is 2. The van der Waals surface area contributed by atoms with Crippen LogP contribution in [0.3, 0.4) is 0 Å². The van der Waals surface area contributed by atoms with Gasteiger partial charge in [0.15, 0.2) is 0 Å². The fourth-order valence-electron chi connectivity index (χ4n) is 2.58. The summed E-state index contributed by atoms with van der Waals surface area (Å²) in [5.41, 5.74) is 2.42. The average Bonchev–Trinajstić information content (AvgIpc) is 2.91. The first kappa shape index (κ1) is 15.0. The van der Waals surface area contributed by atoms with Crippen LogP contribution in [0.15, 0.2) is 29.3 Å². The van der Waals surface area contributed by atoms with E-state index in [1.165, 1.54) is 10.9 Å². The maximum Gasteiger partial charge on any atom is 0.343 e. The van der Waals surface area contributed by atoms with Gasteiger partial charge in [-0.15, -0.1) is 0 Å². The van der Waals surface area contributed by atoms with Gasteiger partial charge in [-0.2, -0.15) is 5.10 Å². The summed E-state index contributed by atoms with van der Waals surface area (Å²) in [7, 11) is 0. The highest BCUT2D eigenvalue weighted by molar-refractivity contribution is 5.93. The van der Waals surface area contributed by atoms with Gasteiger partial charge in [0.2, 0.25) is 11.8 Å². The molecule has 8 heteroatoms. The van der Waals surface area contributed by atoms with Crippen molar-refractivity contribution < 1.29 is 9.59 Å². The topological polar surface area (TPSA) is 109 Å². The van der Waals surface area contributed by atoms with E-state index in [1.54, 1.807) is 0 Å². The van der Waals surface area contributed by atoms with Gasteiger partial charge >= 0.3 is 5.69 Å². The summed E-state index contributed by atoms with van der Waals surface area (Å²) in [5, 5.41) is 11.5. The molecule has 0 saturated carbocycles. The first-order valence-corrected chi connectivity index (χ1v) is 7.35. The standard InChI is InChI=1S/C15H17N5O3/c1-9(17-14(22)7-20-8-16-19-15(20)23)10-2-4-12-11(6-10)3-5-13(21)18-12/h2,4,6,8-9H,3,5,7H2,1H3,(H,17,22)(H,18,21)(H,19,23)/t9-/m1/s1. The molecule has 3 N–H and O–H groups in total. The summed E-state index contributed by atoms with van der Waals surface area (Å²) in [6.07, 6.45) is 2.45. The Labute approximate surface area is 131 Å². The summed E-state index contributed by atoms with van der Waals surface area (Å²) < 4.78 is 1.20. The molecule has 2 amide bonds. The van der Waals surface area contributed by atoms with Gasteiger partial charge in [0.25, 0.3) is 0 Å². The molecule has 0 spiro atoms. The quantitative estimate of drug-likeness (QED) is 0.755. The summed E-state index contributed by atoms with van der Waals surface area (Å²) in [5.74, 6) is -0.246. The highest BCUT2D eigenvalue weighted by atomic mass is 16.2. The molecule has 3 rings (SSSR count). The minimum atomic E-state index is -0.419. The minimum absolute atomic E-state index is 0.0251. The van der Waals surface area contributed by atoms with E-state index in [0.29, 0.717) is 12.8 Å². The Morgan fingerprint density at radius 3 is 2.96 bits per heavy atom. The predicted molar refractivity (Wildman–Crippen MR) is 82.8 cm³/mol. The molecule has 1 atom stereocenters. The summed E-state index contributed by atoms with van der Waals surface area (Å²) in [4.78, 5) is 34.7. The van der Waals surface area contributed by atoms with E-state index in [1.807, 2.05) is 25.1 Å². The molecule has 1 aromatic heterocycles. The Bertz CT molecular complexity index is 807. The van der Waals surface area contributed by atoms with Crippen molar-refractivity contribution in [2.24, 2.45) is 0 Å². The fraction of sp³-hybridized carbons (Fsp3) is 0.333. The monoisotopic (exact) mass is 315 g/mol. The second-order valence-corrected chi connectivity index (χ2v) is 5.54. The Hall–Kier alpha value is -2.90. The van der Waals surface area contributed by atoms with Gasteiger partial charge in [-0.1, -0.05) is 12.1 Å². The molecule has 8 nitrogen and oxygen atoms in total. The molecule has 0 saturated heterocycles. The van der Waals surface area contributed by atoms with Gasteiger partial charge in [0.05, 0.1) is 6.04 Å². The molecule has 23 heavy (non-hydrogen) atoms. The number of aryl methyl sites for hydroxylation is 1. The van der Waals surface area contributed by atoms with E-state index in [0.717, 1.165) is 16.8 Å². The molecule has 2 heterocycles. The molecule has 1 aliphatic rings. The average molecular weight is 315 g/mol. The number of H-pyrrole nitrogens is 1. The van der Waals surface area contributed by atoms with Crippen molar-refractivity contribution in [2.45, 2.75) is 32.4 Å². The van der Waals surface area contributed by atoms with Crippen molar-refractivity contribution in [1.82, 2.24) is 20.1 Å². The highest BCUT2D eigenvalue weighted by Crippen LogP contribution is 2.26. The maximum absolute atomic E-state index is 12.0. The third kappa shape index (κ3) is 3.31. The zero-order valence-corrected chi connectivity index (χ0v) is 12.6. The lowest BCUT2D eigenvalue weighted by molar-refractivity contribution is -0.122. The number of fused-ring (bicyclic) bond motifs is 1. The van der Waals surface area contributed by atoms with Crippen molar-refractivity contribution >= 4 is 17.5 Å². The predicted octanol–water partition coefficient (Wildman–Crippen LogP) is 0.333. The van der Waals surface area contributed by atoms with E-state index >= 15 is 0 Å². The summed E-state index contributed by atoms with van der Waals surface area (Å²) >= 11 is 0. The van der Waals surface area contributed by atoms with Crippen LogP contribution in [0.5, 0.6) is 0 Å². The van der Waals surface area contributed by atoms with Crippen LogP contribution >= 0.6 is 0 Å². The SMILES string of the molecule is C[C@@H](NC(=O)Cn1cn[nH]c1=O)c1ccc2c(c1)CCC(=O)N2. The minimum Gasteiger partial charge on any atom is -0.348 e. The Morgan fingerprint density at radius 2 is 2.22 bits per heavy atom. The van der Waals surface area contributed by atoms with Crippen LogP contribution < -0.4 is 16.3 Å². The maximum atomic E-state index is 12.0. The Balaban J connectivity index is 1.67. The lowest BCUT2D eigenvalue weighted by Crippen LogP contribution is -2.33. The van der Waals surface area contributed by atoms with Crippen LogP contribution in [-0.4, -0.2) is 26.6 Å². The Kier molecular flexibility index (Phi) is 3.96. The van der Waals surface area contributed by atoms with Gasteiger partial charge < -0.3 is 10.6 Å². The van der Waals surface area contributed by atoms with Crippen molar-refractivity contribution in [3.63, 3.8) is 0 Å². The lowest BCUT2D eigenvalue weighted by Gasteiger charge is -2.20. The molecule has 1 aromatic carbocycles. The van der Waals surface area contributed by atoms with Gasteiger partial charge in [-0.3, -0.25) is 14.2 Å². The second-order valence-electron chi connectivity index (χ2n) is 5.54. The second kappa shape index (κ2) is 6.07. The van der Waals surface area contributed by atoms with E-state index < -0.39 is 5.69 Å². The summed E-state index contributed by atoms with van der Waals surface area (Å²) in [6.45, 7) is 1.79. The molecule has 0 bridgehead atoms. The highest BCUT2D eigenvalue weighted by Gasteiger charge is 2.17. The lowest BCUT2D eigenvalue weighted by atomic mass is 9.98. The number of hydrogen-bond donors (Lipinski definition) is 3. The zero-order chi connectivity index (χ0) is 16.4. The molecule has 0 unspecified atom stereocenters. The number of benzene rings is 1. The van der Waals surface area contributed by atoms with Crippen LogP contribution in [0, 0.1) is 0 Å². The van der Waals surface area contributed by atoms with E-state index in [9.17, 15) is 14.4 Å². The molecule has 0 fully saturated rings. The van der Waals surface area contributed by atoms with Crippen LogP contribution in [0.4, 0.5) is 5.69 Å². The number of aromatic amines is 1. The number of carbonyl (C=O) groups is 2. The number of anilines is 1. The van der Waals surface area contributed by atoms with Crippen molar-refractivity contribution in [2.75, 3.05) is 5.32 Å². The summed E-state index contributed by atoms with van der Waals surface area (Å²) in [6, 6.07) is 5.52. The number of hydrogen-bond acceptors (Lipinski definition) is 4. The number of nitrogens with zero attached hydrogens (tertiary/aromatic N) is 2. The van der Waals surface area contributed by atoms with E-state index in [-0.39, 0.29) is 24.4 Å². The number of carbonyl (C=O) groups excluding carboxylic acids is 2. The number of nitrogens with one attached hydrogen (secondary N) is 3. The van der Waals surface area contributed by atoms with E-state index in [2.05, 4.69) is 20.8 Å². The third-order valence-electron chi connectivity index (χ3n) is 3.83. The molecular weight excluding hydrogens is 298 g/mol. The molecule has 0 radical (unpaired) electrons. The smallest absolute Gasteiger partial charge is 0.343 e. The van der Waals surface area contributed by atoms with Gasteiger partial charge in [0, 0.05) is 12.1 Å². The van der Waals surface area contributed by atoms with Gasteiger partial charge in [0.1, 0.15) is 12.9 Å². The first-order valence-electron chi connectivity index (χ1n) is 7.35. The molecule has 120 valence electrons. The van der Waals surface area contributed by atoms with Crippen molar-refractivity contribution in [1.29, 1.82) is 0 Å². The number of rotatable bonds is 4. The molecule has 1 aliphatic heterocycles. The zero-order valence-electron chi connectivity index (χ0n) is 12.6. The van der Waals surface area contributed by atoms with Crippen molar-refractivity contribution in [3.8, 4) is 0 Å². The van der Waals surface area contributed by atoms with Crippen LogP contribution in [0.1, 0.15) is 30.5 Å². The Morgan fingerprint density at radius 1 is 1.39 bits per heavy atom.